The van der Waals surface area contributed by atoms with Gasteiger partial charge in [-0.3, -0.25) is 9.59 Å². The van der Waals surface area contributed by atoms with Gasteiger partial charge in [-0.15, -0.1) is 0 Å². The number of carbonyl (C=O) groups excluding carboxylic acids is 3. The summed E-state index contributed by atoms with van der Waals surface area (Å²) >= 11 is 1.88. The number of amides is 2. The molecular weight excluding hydrogens is 909 g/mol. The minimum absolute atomic E-state index is 0.0959. The van der Waals surface area contributed by atoms with E-state index in [0.29, 0.717) is 146 Å². The summed E-state index contributed by atoms with van der Waals surface area (Å²) in [6.45, 7) is 17.9. The molecule has 0 aromatic heterocycles. The van der Waals surface area contributed by atoms with E-state index in [9.17, 15) is 24.6 Å². The van der Waals surface area contributed by atoms with Gasteiger partial charge in [-0.1, -0.05) is 27.2 Å². The third-order valence-electron chi connectivity index (χ3n) is 17.7. The number of carbonyl (C=O) groups is 3. The molecule has 0 aromatic carbocycles. The number of nitrogens with one attached hydrogen (secondary N) is 2. The van der Waals surface area contributed by atoms with E-state index < -0.39 is 0 Å². The van der Waals surface area contributed by atoms with Crippen LogP contribution in [-0.4, -0.2) is 168 Å². The van der Waals surface area contributed by atoms with Crippen LogP contribution in [0.1, 0.15) is 125 Å². The maximum atomic E-state index is 12.6. The lowest BCUT2D eigenvalue weighted by molar-refractivity contribution is -0.174. The zero-order valence-corrected chi connectivity index (χ0v) is 43.6. The molecule has 13 atom stereocenters. The molecule has 2 aliphatic heterocycles. The first-order valence-electron chi connectivity index (χ1n) is 26.6. The van der Waals surface area contributed by atoms with Gasteiger partial charge in [0.15, 0.2) is 0 Å². The first-order chi connectivity index (χ1) is 33.2. The van der Waals surface area contributed by atoms with Crippen molar-refractivity contribution in [1.29, 1.82) is 0 Å². The average molecular weight is 999 g/mol. The second-order valence-corrected chi connectivity index (χ2v) is 23.0. The molecule has 6 aliphatic rings. The summed E-state index contributed by atoms with van der Waals surface area (Å²) in [7, 11) is 0. The van der Waals surface area contributed by atoms with Crippen molar-refractivity contribution in [3.63, 3.8) is 0 Å². The Labute approximate surface area is 417 Å². The number of thioether (sulfide) groups is 1. The highest BCUT2D eigenvalue weighted by atomic mass is 32.2. The van der Waals surface area contributed by atoms with Crippen molar-refractivity contribution in [2.24, 2.45) is 46.3 Å². The van der Waals surface area contributed by atoms with Crippen LogP contribution in [0.2, 0.25) is 0 Å². The van der Waals surface area contributed by atoms with Crippen LogP contribution in [0.4, 0.5) is 4.79 Å². The molecule has 2 saturated heterocycles. The number of urea groups is 1. The zero-order valence-electron chi connectivity index (χ0n) is 42.8. The molecule has 69 heavy (non-hydrogen) atoms. The van der Waals surface area contributed by atoms with Crippen molar-refractivity contribution < 1.29 is 67.2 Å². The molecule has 6 fully saturated rings. The fourth-order valence-corrected chi connectivity index (χ4v) is 15.4. The molecule has 2 amide bonds. The number of esters is 2. The first-order valence-corrected chi connectivity index (χ1v) is 27.7. The summed E-state index contributed by atoms with van der Waals surface area (Å²) in [5.74, 6) is 3.35. The summed E-state index contributed by atoms with van der Waals surface area (Å²) in [5, 5.41) is 28.4. The van der Waals surface area contributed by atoms with Gasteiger partial charge in [-0.25, -0.2) is 4.79 Å². The Morgan fingerprint density at radius 3 is 1.71 bits per heavy atom. The Balaban J connectivity index is 0.641. The van der Waals surface area contributed by atoms with Gasteiger partial charge >= 0.3 is 18.0 Å². The molecule has 17 heteroatoms. The van der Waals surface area contributed by atoms with E-state index >= 15 is 0 Å². The van der Waals surface area contributed by atoms with E-state index in [-0.39, 0.29) is 65.3 Å². The van der Waals surface area contributed by atoms with E-state index in [1.54, 1.807) is 0 Å². The molecule has 4 saturated carbocycles. The highest BCUT2D eigenvalue weighted by Gasteiger charge is 2.63. The van der Waals surface area contributed by atoms with Crippen LogP contribution in [-0.2, 0) is 52.2 Å². The largest absolute Gasteiger partial charge is 0.463 e. The Morgan fingerprint density at radius 2 is 1.14 bits per heavy atom. The monoisotopic (exact) mass is 999 g/mol. The molecule has 2 heterocycles. The quantitative estimate of drug-likeness (QED) is 0.0334. The topological polar surface area (TPSA) is 199 Å². The van der Waals surface area contributed by atoms with Gasteiger partial charge in [0, 0.05) is 23.8 Å². The zero-order chi connectivity index (χ0) is 49.3. The minimum Gasteiger partial charge on any atom is -0.463 e. The molecule has 4 N–H and O–H groups in total. The molecule has 398 valence electrons. The molecule has 6 rings (SSSR count). The SMILES string of the molecule is C[C@H](CCC(=O)OCCOCCOCCOCCOCCOCCOCCOCCOC(=O)CCCC[C@@H]1SC[C@]2(C)NC(=O)N[C@]12C)[C@H]1CC[C@H]2[C@@H]3[C@@H](O)C[C@@H]4C[C@H](O)CC[C@]4(C)[C@H]3CC[C@]12C. The molecule has 16 nitrogen and oxygen atoms in total. The van der Waals surface area contributed by atoms with E-state index in [1.807, 2.05) is 11.8 Å². The summed E-state index contributed by atoms with van der Waals surface area (Å²) in [6.07, 6.45) is 12.1. The maximum absolute atomic E-state index is 12.6. The minimum atomic E-state index is -0.270. The number of hydrogen-bond acceptors (Lipinski definition) is 15. The van der Waals surface area contributed by atoms with Crippen molar-refractivity contribution in [2.45, 2.75) is 153 Å². The van der Waals surface area contributed by atoms with E-state index in [0.717, 1.165) is 57.1 Å². The van der Waals surface area contributed by atoms with Crippen molar-refractivity contribution >= 4 is 29.7 Å². The molecule has 4 aliphatic carbocycles. The lowest BCUT2D eigenvalue weighted by atomic mass is 9.43. The summed E-state index contributed by atoms with van der Waals surface area (Å²) in [6, 6.07) is -0.0959. The van der Waals surface area contributed by atoms with Crippen molar-refractivity contribution in [3.05, 3.63) is 0 Å². The predicted octanol–water partition coefficient (Wildman–Crippen LogP) is 6.10. The van der Waals surface area contributed by atoms with Crippen LogP contribution < -0.4 is 10.6 Å². The highest BCUT2D eigenvalue weighted by molar-refractivity contribution is 8.00. The standard InChI is InChI=1S/C52H90N2O14S/c1-37(40-11-12-41-47-42(15-17-50(40,41)3)49(2)16-14-39(55)34-38(49)35-43(47)56)10-13-46(58)68-33-31-66-29-27-64-25-23-62-21-19-60-18-20-61-22-24-63-26-28-65-30-32-67-45(57)9-7-6-8-44-52(5)51(4,36-69-44)53-48(59)54-52/h37-44,47,55-56H,6-36H2,1-5H3,(H2,53,54,59)/t37-,38+,39-,40-,41+,42+,43+,44+,47+,49+,50-,51+,52-/m1/s1. The van der Waals surface area contributed by atoms with E-state index in [2.05, 4.69) is 45.3 Å². The van der Waals surface area contributed by atoms with Gasteiger partial charge in [0.05, 0.1) is 116 Å². The molecule has 0 aromatic rings. The fourth-order valence-electron chi connectivity index (χ4n) is 13.5. The molecule has 0 radical (unpaired) electrons. The Hall–Kier alpha value is -1.80. The Bertz CT molecular complexity index is 1580. The highest BCUT2D eigenvalue weighted by Crippen LogP contribution is 2.68. The number of aliphatic hydroxyl groups excluding tert-OH is 2. The summed E-state index contributed by atoms with van der Waals surface area (Å²) in [5.41, 5.74) is -0.0653. The van der Waals surface area contributed by atoms with Crippen molar-refractivity contribution in [2.75, 3.05) is 111 Å². The molecule has 0 unspecified atom stereocenters. The fraction of sp³-hybridized carbons (Fsp3) is 0.942. The van der Waals surface area contributed by atoms with Crippen LogP contribution in [0.3, 0.4) is 0 Å². The second kappa shape index (κ2) is 27.5. The normalized spacial score (nSPS) is 35.1. The lowest BCUT2D eigenvalue weighted by Gasteiger charge is -2.62. The van der Waals surface area contributed by atoms with Crippen molar-refractivity contribution in [1.82, 2.24) is 10.6 Å². The smallest absolute Gasteiger partial charge is 0.315 e. The van der Waals surface area contributed by atoms with Crippen molar-refractivity contribution in [3.8, 4) is 0 Å². The average Bonchev–Trinajstić information content (AvgIpc) is 3.88. The predicted molar refractivity (Wildman–Crippen MR) is 262 cm³/mol. The van der Waals surface area contributed by atoms with Gasteiger partial charge in [0.1, 0.15) is 13.2 Å². The summed E-state index contributed by atoms with van der Waals surface area (Å²) < 4.78 is 49.6. The van der Waals surface area contributed by atoms with Gasteiger partial charge in [-0.05, 0) is 131 Å². The van der Waals surface area contributed by atoms with E-state index in [1.165, 1.54) is 25.7 Å². The van der Waals surface area contributed by atoms with Gasteiger partial charge in [0.25, 0.3) is 0 Å². The van der Waals surface area contributed by atoms with Gasteiger partial charge in [0.2, 0.25) is 0 Å². The van der Waals surface area contributed by atoms with Crippen LogP contribution in [0, 0.1) is 46.3 Å². The number of unbranched alkanes of at least 4 members (excludes halogenated alkanes) is 1. The number of aliphatic hydroxyl groups is 2. The third kappa shape index (κ3) is 15.2. The first kappa shape index (κ1) is 56.5. The van der Waals surface area contributed by atoms with Crippen LogP contribution in [0.15, 0.2) is 0 Å². The van der Waals surface area contributed by atoms with Gasteiger partial charge in [-0.2, -0.15) is 11.8 Å². The summed E-state index contributed by atoms with van der Waals surface area (Å²) in [4.78, 5) is 36.6. The lowest BCUT2D eigenvalue weighted by Crippen LogP contribution is -2.58. The number of hydrogen-bond donors (Lipinski definition) is 4. The van der Waals surface area contributed by atoms with Crippen LogP contribution in [0.25, 0.3) is 0 Å². The van der Waals surface area contributed by atoms with Gasteiger partial charge < -0.3 is 63.5 Å². The second-order valence-electron chi connectivity index (χ2n) is 21.9. The number of fused-ring (bicyclic) bond motifs is 6. The Morgan fingerprint density at radius 1 is 0.638 bits per heavy atom. The molecular formula is C52H90N2O14S. The van der Waals surface area contributed by atoms with Crippen LogP contribution in [0.5, 0.6) is 0 Å². The van der Waals surface area contributed by atoms with Crippen LogP contribution >= 0.6 is 11.8 Å². The third-order valence-corrected chi connectivity index (χ3v) is 19.5. The molecule has 0 spiro atoms. The van der Waals surface area contributed by atoms with E-state index in [4.69, 9.17) is 42.6 Å². The molecule has 0 bridgehead atoms. The number of ether oxygens (including phenoxy) is 9. The number of rotatable bonds is 33. The Kier molecular flexibility index (Phi) is 22.5. The maximum Gasteiger partial charge on any atom is 0.315 e.